The molecule has 22 heavy (non-hydrogen) atoms. The average molecular weight is 345 g/mol. The van der Waals surface area contributed by atoms with Crippen LogP contribution in [0, 0.1) is 0 Å². The summed E-state index contributed by atoms with van der Waals surface area (Å²) < 4.78 is 26.7. The number of nitrogens with zero attached hydrogens (tertiary/aromatic N) is 2. The molecule has 0 bridgehead atoms. The Morgan fingerprint density at radius 2 is 2.05 bits per heavy atom. The van der Waals surface area contributed by atoms with E-state index in [9.17, 15) is 13.2 Å². The van der Waals surface area contributed by atoms with Crippen LogP contribution in [0.15, 0.2) is 21.7 Å². The molecule has 1 atom stereocenters. The minimum absolute atomic E-state index is 0.00362. The summed E-state index contributed by atoms with van der Waals surface area (Å²) in [5.74, 6) is 0.00362. The van der Waals surface area contributed by atoms with Crippen LogP contribution in [-0.2, 0) is 14.8 Å². The van der Waals surface area contributed by atoms with Gasteiger partial charge in [0, 0.05) is 32.2 Å². The zero-order valence-corrected chi connectivity index (χ0v) is 14.6. The van der Waals surface area contributed by atoms with E-state index in [4.69, 9.17) is 0 Å². The van der Waals surface area contributed by atoms with Crippen LogP contribution in [0.1, 0.15) is 20.3 Å². The van der Waals surface area contributed by atoms with E-state index < -0.39 is 10.0 Å². The summed E-state index contributed by atoms with van der Waals surface area (Å²) in [7, 11) is -3.37. The number of hydrogen-bond acceptors (Lipinski definition) is 5. The highest BCUT2D eigenvalue weighted by Crippen LogP contribution is 2.21. The number of rotatable bonds is 6. The zero-order chi connectivity index (χ0) is 16.2. The van der Waals surface area contributed by atoms with E-state index in [0.717, 1.165) is 6.42 Å². The number of thiophene rings is 1. The van der Waals surface area contributed by atoms with Gasteiger partial charge in [-0.3, -0.25) is 9.69 Å². The first-order chi connectivity index (χ1) is 10.4. The summed E-state index contributed by atoms with van der Waals surface area (Å²) in [4.78, 5) is 13.9. The van der Waals surface area contributed by atoms with Crippen LogP contribution in [0.25, 0.3) is 0 Å². The predicted octanol–water partition coefficient (Wildman–Crippen LogP) is 0.969. The molecule has 2 heterocycles. The summed E-state index contributed by atoms with van der Waals surface area (Å²) in [5, 5.41) is 4.70. The summed E-state index contributed by atoms with van der Waals surface area (Å²) in [5.41, 5.74) is 0. The van der Waals surface area contributed by atoms with Gasteiger partial charge in [-0.15, -0.1) is 11.3 Å². The Hall–Kier alpha value is -0.960. The lowest BCUT2D eigenvalue weighted by Crippen LogP contribution is -2.51. The number of sulfonamides is 1. The van der Waals surface area contributed by atoms with Gasteiger partial charge in [-0.25, -0.2) is 8.42 Å². The molecule has 1 aromatic rings. The Bertz CT molecular complexity index is 578. The van der Waals surface area contributed by atoms with Gasteiger partial charge in [-0.1, -0.05) is 13.0 Å². The fraction of sp³-hybridized carbons (Fsp3) is 0.643. The van der Waals surface area contributed by atoms with E-state index >= 15 is 0 Å². The number of hydrogen-bond donors (Lipinski definition) is 1. The third-order valence-electron chi connectivity index (χ3n) is 3.81. The molecule has 1 aliphatic rings. The molecule has 1 aliphatic heterocycles. The van der Waals surface area contributed by atoms with Crippen molar-refractivity contribution in [2.24, 2.45) is 0 Å². The molecule has 0 aliphatic carbocycles. The van der Waals surface area contributed by atoms with Gasteiger partial charge in [0.1, 0.15) is 4.21 Å². The lowest BCUT2D eigenvalue weighted by molar-refractivity contribution is -0.123. The van der Waals surface area contributed by atoms with Crippen molar-refractivity contribution in [3.63, 3.8) is 0 Å². The van der Waals surface area contributed by atoms with Gasteiger partial charge in [0.05, 0.1) is 6.54 Å². The van der Waals surface area contributed by atoms with Gasteiger partial charge >= 0.3 is 0 Å². The first-order valence-corrected chi connectivity index (χ1v) is 9.81. The molecule has 0 aromatic carbocycles. The second-order valence-electron chi connectivity index (χ2n) is 5.49. The quantitative estimate of drug-likeness (QED) is 0.834. The van der Waals surface area contributed by atoms with E-state index in [0.29, 0.717) is 36.9 Å². The van der Waals surface area contributed by atoms with Crippen molar-refractivity contribution < 1.29 is 13.2 Å². The predicted molar refractivity (Wildman–Crippen MR) is 87.4 cm³/mol. The van der Waals surface area contributed by atoms with Crippen LogP contribution in [0.2, 0.25) is 0 Å². The Morgan fingerprint density at radius 3 is 2.59 bits per heavy atom. The maximum atomic E-state index is 12.4. The van der Waals surface area contributed by atoms with Crippen molar-refractivity contribution >= 4 is 27.3 Å². The van der Waals surface area contributed by atoms with Crippen molar-refractivity contribution in [1.82, 2.24) is 14.5 Å². The molecule has 1 fully saturated rings. The Labute approximate surface area is 136 Å². The zero-order valence-electron chi connectivity index (χ0n) is 13.0. The Kier molecular flexibility index (Phi) is 5.96. The van der Waals surface area contributed by atoms with Gasteiger partial charge < -0.3 is 5.32 Å². The molecule has 0 radical (unpaired) electrons. The fourth-order valence-corrected chi connectivity index (χ4v) is 4.86. The number of carbonyl (C=O) groups excluding carboxylic acids is 1. The standard InChI is InChI=1S/C14H23N3O3S2/c1-3-12(2)15-13(18)11-16-6-8-17(9-7-16)22(19,20)14-5-4-10-21-14/h4-5,10,12H,3,6-9,11H2,1-2H3,(H,15,18)/t12-/m0/s1. The van der Waals surface area contributed by atoms with Crippen LogP contribution >= 0.6 is 11.3 Å². The largest absolute Gasteiger partial charge is 0.353 e. The number of nitrogens with one attached hydrogen (secondary N) is 1. The van der Waals surface area contributed by atoms with Gasteiger partial charge in [-0.2, -0.15) is 4.31 Å². The summed E-state index contributed by atoms with van der Waals surface area (Å²) in [6.07, 6.45) is 0.901. The second kappa shape index (κ2) is 7.54. The van der Waals surface area contributed by atoms with Crippen molar-refractivity contribution in [2.75, 3.05) is 32.7 Å². The van der Waals surface area contributed by atoms with Crippen LogP contribution in [0.5, 0.6) is 0 Å². The molecule has 1 aromatic heterocycles. The topological polar surface area (TPSA) is 69.7 Å². The average Bonchev–Trinajstić information content (AvgIpc) is 3.02. The molecule has 0 spiro atoms. The lowest BCUT2D eigenvalue weighted by Gasteiger charge is -2.33. The first kappa shape index (κ1) is 17.4. The molecule has 0 unspecified atom stereocenters. The van der Waals surface area contributed by atoms with Crippen LogP contribution in [0.3, 0.4) is 0 Å². The molecule has 1 N–H and O–H groups in total. The molecular formula is C14H23N3O3S2. The normalized spacial score (nSPS) is 19.0. The number of carbonyl (C=O) groups is 1. The van der Waals surface area contributed by atoms with Gasteiger partial charge in [-0.05, 0) is 24.8 Å². The Morgan fingerprint density at radius 1 is 1.36 bits per heavy atom. The molecule has 8 heteroatoms. The molecule has 124 valence electrons. The Balaban J connectivity index is 1.85. The second-order valence-corrected chi connectivity index (χ2v) is 8.60. The van der Waals surface area contributed by atoms with Crippen LogP contribution in [-0.4, -0.2) is 62.3 Å². The minimum atomic E-state index is -3.37. The van der Waals surface area contributed by atoms with Crippen molar-refractivity contribution in [2.45, 2.75) is 30.5 Å². The molecule has 1 saturated heterocycles. The molecule has 1 amide bonds. The van der Waals surface area contributed by atoms with Crippen molar-refractivity contribution in [1.29, 1.82) is 0 Å². The maximum Gasteiger partial charge on any atom is 0.252 e. The number of piperazine rings is 1. The fourth-order valence-electron chi connectivity index (χ4n) is 2.29. The SMILES string of the molecule is CC[C@H](C)NC(=O)CN1CCN(S(=O)(=O)c2cccs2)CC1. The summed E-state index contributed by atoms with van der Waals surface area (Å²) in [6, 6.07) is 3.55. The van der Waals surface area contributed by atoms with Gasteiger partial charge in [0.15, 0.2) is 0 Å². The highest BCUT2D eigenvalue weighted by molar-refractivity contribution is 7.91. The van der Waals surface area contributed by atoms with Crippen molar-refractivity contribution in [3.8, 4) is 0 Å². The molecule has 6 nitrogen and oxygen atoms in total. The van der Waals surface area contributed by atoms with E-state index in [2.05, 4.69) is 5.32 Å². The minimum Gasteiger partial charge on any atom is -0.353 e. The van der Waals surface area contributed by atoms with Crippen molar-refractivity contribution in [3.05, 3.63) is 17.5 Å². The highest BCUT2D eigenvalue weighted by atomic mass is 32.2. The molecular weight excluding hydrogens is 322 g/mol. The lowest BCUT2D eigenvalue weighted by atomic mass is 10.2. The van der Waals surface area contributed by atoms with Gasteiger partial charge in [0.2, 0.25) is 5.91 Å². The monoisotopic (exact) mass is 345 g/mol. The van der Waals surface area contributed by atoms with Crippen LogP contribution < -0.4 is 5.32 Å². The maximum absolute atomic E-state index is 12.4. The van der Waals surface area contributed by atoms with E-state index in [-0.39, 0.29) is 11.9 Å². The molecule has 0 saturated carbocycles. The third-order valence-corrected chi connectivity index (χ3v) is 7.08. The van der Waals surface area contributed by atoms with E-state index in [1.54, 1.807) is 17.5 Å². The summed E-state index contributed by atoms with van der Waals surface area (Å²) >= 11 is 1.24. The highest BCUT2D eigenvalue weighted by Gasteiger charge is 2.29. The summed E-state index contributed by atoms with van der Waals surface area (Å²) in [6.45, 7) is 6.35. The van der Waals surface area contributed by atoms with Crippen LogP contribution in [0.4, 0.5) is 0 Å². The first-order valence-electron chi connectivity index (χ1n) is 7.49. The van der Waals surface area contributed by atoms with E-state index in [1.807, 2.05) is 18.7 Å². The smallest absolute Gasteiger partial charge is 0.252 e. The third kappa shape index (κ3) is 4.28. The van der Waals surface area contributed by atoms with E-state index in [1.165, 1.54) is 15.6 Å². The molecule has 2 rings (SSSR count). The number of amides is 1. The van der Waals surface area contributed by atoms with Gasteiger partial charge in [0.25, 0.3) is 10.0 Å².